The lowest BCUT2D eigenvalue weighted by atomic mass is 10.1. The van der Waals surface area contributed by atoms with Gasteiger partial charge in [0.2, 0.25) is 0 Å². The number of anilines is 2. The molecule has 0 fully saturated rings. The first-order chi connectivity index (χ1) is 16.9. The molecule has 0 aliphatic carbocycles. The van der Waals surface area contributed by atoms with Crippen molar-refractivity contribution >= 4 is 49.1 Å². The summed E-state index contributed by atoms with van der Waals surface area (Å²) >= 11 is 0. The van der Waals surface area contributed by atoms with Crippen LogP contribution in [0.1, 0.15) is 5.56 Å². The van der Waals surface area contributed by atoms with E-state index in [0.29, 0.717) is 16.5 Å². The molecule has 5 rings (SSSR count). The van der Waals surface area contributed by atoms with E-state index in [9.17, 15) is 13.2 Å². The lowest BCUT2D eigenvalue weighted by molar-refractivity contribution is -0.135. The average Bonchev–Trinajstić information content (AvgIpc) is 3.27. The van der Waals surface area contributed by atoms with E-state index in [-0.39, 0.29) is 11.3 Å². The molecule has 0 saturated heterocycles. The first kappa shape index (κ1) is 22.6. The number of carbonyl (C=O) groups excluding carboxylic acids is 1. The van der Waals surface area contributed by atoms with Crippen molar-refractivity contribution in [1.82, 2.24) is 4.98 Å². The number of nitrogens with two attached hydrogens (primary N) is 1. The van der Waals surface area contributed by atoms with E-state index in [1.807, 2.05) is 60.7 Å². The highest BCUT2D eigenvalue weighted by molar-refractivity contribution is 7.87. The van der Waals surface area contributed by atoms with Crippen LogP contribution in [0.15, 0.2) is 102 Å². The Hall–Kier alpha value is -4.14. The number of nitrogens with one attached hydrogen (secondary N) is 2. The average molecular weight is 486 g/mol. The van der Waals surface area contributed by atoms with Crippen LogP contribution in [-0.4, -0.2) is 25.4 Å². The molecule has 35 heavy (non-hydrogen) atoms. The number of carbonyl (C=O) groups is 1. The van der Waals surface area contributed by atoms with Gasteiger partial charge in [-0.25, -0.2) is 4.79 Å². The third-order valence-electron chi connectivity index (χ3n) is 5.80. The molecule has 0 saturated carbocycles. The van der Waals surface area contributed by atoms with Crippen LogP contribution >= 0.6 is 0 Å². The van der Waals surface area contributed by atoms with Gasteiger partial charge in [-0.2, -0.15) is 8.42 Å². The molecule has 0 bridgehead atoms. The van der Waals surface area contributed by atoms with Crippen LogP contribution in [0, 0.1) is 0 Å². The molecule has 0 spiro atoms. The van der Waals surface area contributed by atoms with Crippen LogP contribution in [0.5, 0.6) is 0 Å². The maximum atomic E-state index is 13.2. The third-order valence-corrected chi connectivity index (χ3v) is 7.06. The number of hydrogen-bond acceptors (Lipinski definition) is 6. The maximum Gasteiger partial charge on any atom is 0.342 e. The van der Waals surface area contributed by atoms with Crippen molar-refractivity contribution in [3.05, 3.63) is 103 Å². The molecule has 0 radical (unpaired) electrons. The van der Waals surface area contributed by atoms with E-state index < -0.39 is 22.1 Å². The predicted molar refractivity (Wildman–Crippen MR) is 137 cm³/mol. The number of fused-ring (bicyclic) bond motifs is 2. The fraction of sp³-hybridized carbons (Fsp3) is 0.0741. The van der Waals surface area contributed by atoms with Gasteiger partial charge in [-0.15, -0.1) is 0 Å². The third kappa shape index (κ3) is 4.62. The molecule has 4 aromatic carbocycles. The number of benzene rings is 4. The Morgan fingerprint density at radius 3 is 2.43 bits per heavy atom. The van der Waals surface area contributed by atoms with Crippen LogP contribution in [0.3, 0.4) is 0 Å². The SMILES string of the molecule is N[C@@H](Cc1c[nH]c2ccccc12)C(=O)OS(=O)(=O)c1cccc2cccc(Nc3ccccc3)c12. The van der Waals surface area contributed by atoms with E-state index >= 15 is 0 Å². The van der Waals surface area contributed by atoms with Crippen molar-refractivity contribution in [3.63, 3.8) is 0 Å². The van der Waals surface area contributed by atoms with Crippen molar-refractivity contribution in [2.45, 2.75) is 17.4 Å². The van der Waals surface area contributed by atoms with Gasteiger partial charge in [-0.05, 0) is 41.3 Å². The van der Waals surface area contributed by atoms with Crippen molar-refractivity contribution < 1.29 is 17.4 Å². The summed E-state index contributed by atoms with van der Waals surface area (Å²) in [5.74, 6) is -1.01. The maximum absolute atomic E-state index is 13.2. The minimum Gasteiger partial charge on any atom is -0.361 e. The van der Waals surface area contributed by atoms with Crippen molar-refractivity contribution in [1.29, 1.82) is 0 Å². The lowest BCUT2D eigenvalue weighted by Gasteiger charge is -2.15. The number of H-pyrrole nitrogens is 1. The van der Waals surface area contributed by atoms with Gasteiger partial charge in [0, 0.05) is 40.3 Å². The first-order valence-electron chi connectivity index (χ1n) is 11.0. The second-order valence-corrected chi connectivity index (χ2v) is 9.69. The summed E-state index contributed by atoms with van der Waals surface area (Å²) in [4.78, 5) is 15.8. The number of aromatic amines is 1. The van der Waals surface area contributed by atoms with Crippen LogP contribution in [-0.2, 0) is 25.5 Å². The van der Waals surface area contributed by atoms with Crippen molar-refractivity contribution in [2.75, 3.05) is 5.32 Å². The molecular weight excluding hydrogens is 462 g/mol. The molecule has 176 valence electrons. The highest BCUT2D eigenvalue weighted by Gasteiger charge is 2.28. The van der Waals surface area contributed by atoms with Gasteiger partial charge in [0.15, 0.2) is 0 Å². The Morgan fingerprint density at radius 2 is 1.63 bits per heavy atom. The smallest absolute Gasteiger partial charge is 0.342 e. The summed E-state index contributed by atoms with van der Waals surface area (Å²) in [6.07, 6.45) is 1.90. The molecule has 8 heteroatoms. The van der Waals surface area contributed by atoms with Gasteiger partial charge in [-0.3, -0.25) is 0 Å². The number of para-hydroxylation sites is 2. The van der Waals surface area contributed by atoms with Gasteiger partial charge in [0.25, 0.3) is 0 Å². The summed E-state index contributed by atoms with van der Waals surface area (Å²) in [6, 6.07) is 26.1. The van der Waals surface area contributed by atoms with Crippen molar-refractivity contribution in [2.24, 2.45) is 5.73 Å². The largest absolute Gasteiger partial charge is 0.361 e. The van der Waals surface area contributed by atoms with E-state index in [4.69, 9.17) is 9.92 Å². The van der Waals surface area contributed by atoms with E-state index in [0.717, 1.165) is 22.2 Å². The molecule has 7 nitrogen and oxygen atoms in total. The van der Waals surface area contributed by atoms with Crippen LogP contribution in [0.25, 0.3) is 21.7 Å². The molecule has 0 unspecified atom stereocenters. The van der Waals surface area contributed by atoms with Gasteiger partial charge >= 0.3 is 16.1 Å². The van der Waals surface area contributed by atoms with Gasteiger partial charge in [-0.1, -0.05) is 60.7 Å². The molecule has 0 aliphatic heterocycles. The van der Waals surface area contributed by atoms with Crippen LogP contribution in [0.2, 0.25) is 0 Å². The number of aromatic nitrogens is 1. The zero-order chi connectivity index (χ0) is 24.4. The highest BCUT2D eigenvalue weighted by Crippen LogP contribution is 2.33. The standard InChI is InChI=1S/C27H23N3O4S/c28-22(16-19-17-29-23-13-5-4-12-21(19)23)27(31)34-35(32,33)25-15-7-9-18-8-6-14-24(26(18)25)30-20-10-2-1-3-11-20/h1-15,17,22,29-30H,16,28H2/t22-/m0/s1. The Bertz CT molecular complexity index is 1620. The number of hydrogen-bond donors (Lipinski definition) is 3. The zero-order valence-electron chi connectivity index (χ0n) is 18.6. The summed E-state index contributed by atoms with van der Waals surface area (Å²) in [5, 5.41) is 5.28. The summed E-state index contributed by atoms with van der Waals surface area (Å²) in [7, 11) is -4.44. The van der Waals surface area contributed by atoms with Gasteiger partial charge in [0.05, 0.1) is 0 Å². The topological polar surface area (TPSA) is 114 Å². The van der Waals surface area contributed by atoms with E-state index in [2.05, 4.69) is 10.3 Å². The fourth-order valence-corrected chi connectivity index (χ4v) is 5.28. The molecule has 4 N–H and O–H groups in total. The Kier molecular flexibility index (Phi) is 5.98. The summed E-state index contributed by atoms with van der Waals surface area (Å²) < 4.78 is 31.5. The quantitative estimate of drug-likeness (QED) is 0.284. The van der Waals surface area contributed by atoms with E-state index in [1.165, 1.54) is 6.07 Å². The van der Waals surface area contributed by atoms with Gasteiger partial charge in [0.1, 0.15) is 10.9 Å². The molecular formula is C27H23N3O4S. The predicted octanol–water partition coefficient (Wildman–Crippen LogP) is 4.87. The van der Waals surface area contributed by atoms with Crippen molar-refractivity contribution in [3.8, 4) is 0 Å². The molecule has 0 amide bonds. The lowest BCUT2D eigenvalue weighted by Crippen LogP contribution is -2.35. The molecule has 1 aromatic heterocycles. The normalized spacial score (nSPS) is 12.5. The minimum atomic E-state index is -4.44. The second kappa shape index (κ2) is 9.25. The molecule has 1 heterocycles. The van der Waals surface area contributed by atoms with E-state index in [1.54, 1.807) is 30.5 Å². The Balaban J connectivity index is 1.43. The Morgan fingerprint density at radius 1 is 0.914 bits per heavy atom. The monoisotopic (exact) mass is 485 g/mol. The zero-order valence-corrected chi connectivity index (χ0v) is 19.5. The molecule has 1 atom stereocenters. The highest BCUT2D eigenvalue weighted by atomic mass is 32.2. The van der Waals surface area contributed by atoms with Gasteiger partial charge < -0.3 is 20.2 Å². The Labute approximate surface area is 202 Å². The van der Waals surface area contributed by atoms with Crippen LogP contribution in [0.4, 0.5) is 11.4 Å². The summed E-state index contributed by atoms with van der Waals surface area (Å²) in [6.45, 7) is 0. The second-order valence-electron chi connectivity index (χ2n) is 8.18. The minimum absolute atomic E-state index is 0.110. The summed E-state index contributed by atoms with van der Waals surface area (Å²) in [5.41, 5.74) is 9.15. The molecule has 0 aliphatic rings. The van der Waals surface area contributed by atoms with Crippen LogP contribution < -0.4 is 11.1 Å². The number of rotatable bonds is 7. The fourth-order valence-electron chi connectivity index (χ4n) is 4.13. The molecule has 5 aromatic rings. The first-order valence-corrected chi connectivity index (χ1v) is 12.5.